The molecule has 1 fully saturated rings. The molecule has 4 heteroatoms. The summed E-state index contributed by atoms with van der Waals surface area (Å²) in [6.45, 7) is 0.241. The van der Waals surface area contributed by atoms with Crippen LogP contribution in [0.4, 0.5) is 0 Å². The predicted molar refractivity (Wildman–Crippen MR) is 57.2 cm³/mol. The molecule has 1 heterocycles. The van der Waals surface area contributed by atoms with Crippen LogP contribution < -0.4 is 5.32 Å². The molecule has 0 amide bonds. The second-order valence-corrected chi connectivity index (χ2v) is 4.32. The third-order valence-corrected chi connectivity index (χ3v) is 3.32. The Bertz CT molecular complexity index is 432. The molecule has 1 saturated heterocycles. The summed E-state index contributed by atoms with van der Waals surface area (Å²) in [5.41, 5.74) is 2.46. The number of carbonyl (C=O) groups is 1. The maximum Gasteiger partial charge on any atom is 0.323 e. The third kappa shape index (κ3) is 1.42. The molecular formula is C12H13NO3. The smallest absolute Gasteiger partial charge is 0.323 e. The molecule has 0 bridgehead atoms. The van der Waals surface area contributed by atoms with Gasteiger partial charge < -0.3 is 9.84 Å². The average molecular weight is 219 g/mol. The molecule has 0 aromatic heterocycles. The molecule has 16 heavy (non-hydrogen) atoms. The van der Waals surface area contributed by atoms with E-state index in [4.69, 9.17) is 9.84 Å². The van der Waals surface area contributed by atoms with E-state index in [1.165, 1.54) is 11.1 Å². The van der Waals surface area contributed by atoms with Crippen molar-refractivity contribution in [3.8, 4) is 0 Å². The lowest BCUT2D eigenvalue weighted by molar-refractivity contribution is -0.145. The Morgan fingerprint density at radius 3 is 3.06 bits per heavy atom. The minimum Gasteiger partial charge on any atom is -0.480 e. The number of hydrogen-bond acceptors (Lipinski definition) is 3. The molecule has 1 aromatic rings. The highest BCUT2D eigenvalue weighted by molar-refractivity contribution is 5.73. The Morgan fingerprint density at radius 1 is 1.44 bits per heavy atom. The van der Waals surface area contributed by atoms with E-state index in [1.807, 2.05) is 12.1 Å². The van der Waals surface area contributed by atoms with E-state index in [0.717, 1.165) is 6.42 Å². The Kier molecular flexibility index (Phi) is 2.19. The molecule has 2 N–H and O–H groups in total. The molecule has 3 atom stereocenters. The monoisotopic (exact) mass is 219 g/mol. The molecule has 3 unspecified atom stereocenters. The van der Waals surface area contributed by atoms with Crippen LogP contribution in [0.3, 0.4) is 0 Å². The molecule has 0 spiro atoms. The third-order valence-electron chi connectivity index (χ3n) is 3.32. The average Bonchev–Trinajstić information content (AvgIpc) is 2.66. The topological polar surface area (TPSA) is 58.6 Å². The number of ether oxygens (including phenoxy) is 1. The molecule has 84 valence electrons. The molecule has 0 radical (unpaired) electrons. The zero-order chi connectivity index (χ0) is 11.1. The van der Waals surface area contributed by atoms with Gasteiger partial charge in [-0.3, -0.25) is 10.1 Å². The van der Waals surface area contributed by atoms with Crippen molar-refractivity contribution in [2.45, 2.75) is 24.6 Å². The normalized spacial score (nSPS) is 31.9. The molecular weight excluding hydrogens is 206 g/mol. The highest BCUT2D eigenvalue weighted by atomic mass is 16.5. The highest BCUT2D eigenvalue weighted by Crippen LogP contribution is 2.36. The minimum absolute atomic E-state index is 0.0202. The number of fused-ring (bicyclic) bond motifs is 3. The van der Waals surface area contributed by atoms with Crippen LogP contribution in [0.25, 0.3) is 0 Å². The van der Waals surface area contributed by atoms with E-state index in [1.54, 1.807) is 0 Å². The first-order valence-electron chi connectivity index (χ1n) is 5.44. The number of nitrogens with one attached hydrogen (secondary N) is 1. The minimum atomic E-state index is -0.839. The Labute approximate surface area is 93.2 Å². The van der Waals surface area contributed by atoms with E-state index < -0.39 is 12.0 Å². The van der Waals surface area contributed by atoms with Crippen LogP contribution in [0.2, 0.25) is 0 Å². The standard InChI is InChI=1S/C12H13NO3/c14-12(15)10-6-16-11-8-4-2-1-3-7(8)5-9(11)13-10/h1-4,9-11,13H,5-6H2,(H,14,15). The van der Waals surface area contributed by atoms with Crippen LogP contribution >= 0.6 is 0 Å². The van der Waals surface area contributed by atoms with Crippen molar-refractivity contribution >= 4 is 5.97 Å². The molecule has 2 aliphatic rings. The van der Waals surface area contributed by atoms with Gasteiger partial charge in [0.15, 0.2) is 0 Å². The second kappa shape index (κ2) is 3.57. The van der Waals surface area contributed by atoms with Gasteiger partial charge in [-0.25, -0.2) is 0 Å². The summed E-state index contributed by atoms with van der Waals surface area (Å²) in [6.07, 6.45) is 0.872. The first-order valence-corrected chi connectivity index (χ1v) is 5.44. The number of carboxylic acids is 1. The van der Waals surface area contributed by atoms with E-state index in [-0.39, 0.29) is 18.8 Å². The van der Waals surface area contributed by atoms with Gasteiger partial charge in [-0.05, 0) is 17.5 Å². The van der Waals surface area contributed by atoms with E-state index in [9.17, 15) is 4.79 Å². The summed E-state index contributed by atoms with van der Waals surface area (Å²) in [5, 5.41) is 12.1. The van der Waals surface area contributed by atoms with Gasteiger partial charge in [-0.1, -0.05) is 24.3 Å². The van der Waals surface area contributed by atoms with Gasteiger partial charge in [0.2, 0.25) is 0 Å². The fraction of sp³-hybridized carbons (Fsp3) is 0.417. The maximum atomic E-state index is 10.9. The Balaban J connectivity index is 1.85. The summed E-state index contributed by atoms with van der Waals surface area (Å²) in [4.78, 5) is 10.9. The summed E-state index contributed by atoms with van der Waals surface area (Å²) in [5.74, 6) is -0.839. The Morgan fingerprint density at radius 2 is 2.25 bits per heavy atom. The first-order chi connectivity index (χ1) is 7.75. The number of carboxylic acid groups (broad SMARTS) is 1. The zero-order valence-electron chi connectivity index (χ0n) is 8.72. The largest absolute Gasteiger partial charge is 0.480 e. The zero-order valence-corrected chi connectivity index (χ0v) is 8.72. The van der Waals surface area contributed by atoms with E-state index >= 15 is 0 Å². The molecule has 1 aliphatic carbocycles. The van der Waals surface area contributed by atoms with Crippen molar-refractivity contribution in [1.29, 1.82) is 0 Å². The lowest BCUT2D eigenvalue weighted by atomic mass is 10.1. The van der Waals surface area contributed by atoms with Crippen molar-refractivity contribution in [2.75, 3.05) is 6.61 Å². The van der Waals surface area contributed by atoms with Gasteiger partial charge in [-0.15, -0.1) is 0 Å². The molecule has 1 aliphatic heterocycles. The quantitative estimate of drug-likeness (QED) is 0.731. The van der Waals surface area contributed by atoms with Crippen LogP contribution in [0, 0.1) is 0 Å². The van der Waals surface area contributed by atoms with E-state index in [0.29, 0.717) is 0 Å². The summed E-state index contributed by atoms with van der Waals surface area (Å²) < 4.78 is 5.66. The number of benzene rings is 1. The molecule has 3 rings (SSSR count). The van der Waals surface area contributed by atoms with Crippen LogP contribution in [-0.4, -0.2) is 29.8 Å². The lowest BCUT2D eigenvalue weighted by Crippen LogP contribution is -2.52. The maximum absolute atomic E-state index is 10.9. The van der Waals surface area contributed by atoms with Crippen LogP contribution in [0.15, 0.2) is 24.3 Å². The van der Waals surface area contributed by atoms with Gasteiger partial charge in [0.25, 0.3) is 0 Å². The number of rotatable bonds is 1. The van der Waals surface area contributed by atoms with Gasteiger partial charge in [-0.2, -0.15) is 0 Å². The van der Waals surface area contributed by atoms with Crippen molar-refractivity contribution in [3.05, 3.63) is 35.4 Å². The predicted octanol–water partition coefficient (Wildman–Crippen LogP) is 0.725. The van der Waals surface area contributed by atoms with Crippen molar-refractivity contribution in [1.82, 2.24) is 5.32 Å². The number of morpholine rings is 1. The molecule has 0 saturated carbocycles. The van der Waals surface area contributed by atoms with Gasteiger partial charge in [0, 0.05) is 6.04 Å². The second-order valence-electron chi connectivity index (χ2n) is 4.32. The SMILES string of the molecule is O=C(O)C1COC2c3ccccc3CC2N1. The number of aliphatic carboxylic acids is 1. The molecule has 4 nitrogen and oxygen atoms in total. The van der Waals surface area contributed by atoms with Gasteiger partial charge in [0.1, 0.15) is 6.04 Å². The van der Waals surface area contributed by atoms with E-state index in [2.05, 4.69) is 17.4 Å². The summed E-state index contributed by atoms with van der Waals surface area (Å²) >= 11 is 0. The van der Waals surface area contributed by atoms with Gasteiger partial charge >= 0.3 is 5.97 Å². The summed E-state index contributed by atoms with van der Waals surface area (Å²) in [6, 6.07) is 7.67. The van der Waals surface area contributed by atoms with Crippen LogP contribution in [0.5, 0.6) is 0 Å². The van der Waals surface area contributed by atoms with Crippen LogP contribution in [-0.2, 0) is 16.0 Å². The van der Waals surface area contributed by atoms with Gasteiger partial charge in [0.05, 0.1) is 12.7 Å². The fourth-order valence-electron chi connectivity index (χ4n) is 2.56. The summed E-state index contributed by atoms with van der Waals surface area (Å²) in [7, 11) is 0. The lowest BCUT2D eigenvalue weighted by Gasteiger charge is -2.31. The van der Waals surface area contributed by atoms with Crippen molar-refractivity contribution in [3.63, 3.8) is 0 Å². The first kappa shape index (κ1) is 9.81. The van der Waals surface area contributed by atoms with Crippen LogP contribution in [0.1, 0.15) is 17.2 Å². The highest BCUT2D eigenvalue weighted by Gasteiger charge is 2.39. The Hall–Kier alpha value is -1.39. The number of hydrogen-bond donors (Lipinski definition) is 2. The van der Waals surface area contributed by atoms with Crippen molar-refractivity contribution in [2.24, 2.45) is 0 Å². The van der Waals surface area contributed by atoms with Crippen molar-refractivity contribution < 1.29 is 14.6 Å². The fourth-order valence-corrected chi connectivity index (χ4v) is 2.56. The molecule has 1 aromatic carbocycles.